The molecule has 68 valence electrons. The molecule has 12 heavy (non-hydrogen) atoms. The van der Waals surface area contributed by atoms with E-state index < -0.39 is 0 Å². The minimum absolute atomic E-state index is 0.347. The second-order valence-corrected chi connectivity index (χ2v) is 4.84. The van der Waals surface area contributed by atoms with Gasteiger partial charge in [0.15, 0.2) is 0 Å². The van der Waals surface area contributed by atoms with Gasteiger partial charge in [0, 0.05) is 11.8 Å². The Bertz CT molecular complexity index is 194. The summed E-state index contributed by atoms with van der Waals surface area (Å²) in [6.45, 7) is 2.06. The predicted octanol–water partition coefficient (Wildman–Crippen LogP) is 2.72. The molecule has 0 bridgehead atoms. The molecule has 0 radical (unpaired) electrons. The van der Waals surface area contributed by atoms with Crippen molar-refractivity contribution in [3.8, 4) is 0 Å². The van der Waals surface area contributed by atoms with Gasteiger partial charge < -0.3 is 5.73 Å². The van der Waals surface area contributed by atoms with Crippen molar-refractivity contribution < 1.29 is 0 Å². The van der Waals surface area contributed by atoms with Crippen molar-refractivity contribution in [2.45, 2.75) is 25.1 Å². The summed E-state index contributed by atoms with van der Waals surface area (Å²) in [5.74, 6) is 2.31. The molecule has 0 aliphatic rings. The SMILES string of the molecule is CC(N)CCSCc1ccsc1. The number of nitrogens with two attached hydrogens (primary N) is 1. The fourth-order valence-electron chi connectivity index (χ4n) is 0.834. The van der Waals surface area contributed by atoms with Crippen molar-refractivity contribution in [1.82, 2.24) is 0 Å². The molecule has 0 aromatic carbocycles. The molecule has 1 atom stereocenters. The highest BCUT2D eigenvalue weighted by molar-refractivity contribution is 7.98. The van der Waals surface area contributed by atoms with Crippen LogP contribution in [0.2, 0.25) is 0 Å². The molecule has 1 aromatic rings. The second kappa shape index (κ2) is 5.62. The molecular formula is C9H15NS2. The Labute approximate surface area is 82.4 Å². The van der Waals surface area contributed by atoms with E-state index in [-0.39, 0.29) is 0 Å². The van der Waals surface area contributed by atoms with Crippen molar-refractivity contribution in [3.05, 3.63) is 22.4 Å². The minimum atomic E-state index is 0.347. The van der Waals surface area contributed by atoms with Crippen molar-refractivity contribution in [1.29, 1.82) is 0 Å². The summed E-state index contributed by atoms with van der Waals surface area (Å²) in [5, 5.41) is 4.33. The summed E-state index contributed by atoms with van der Waals surface area (Å²) in [6, 6.07) is 2.53. The normalized spacial score (nSPS) is 13.2. The zero-order valence-corrected chi connectivity index (χ0v) is 8.96. The molecule has 0 fully saturated rings. The Morgan fingerprint density at radius 1 is 1.67 bits per heavy atom. The standard InChI is InChI=1S/C9H15NS2/c1-8(10)2-4-11-6-9-3-5-12-7-9/h3,5,7-8H,2,4,6,10H2,1H3. The largest absolute Gasteiger partial charge is 0.328 e. The van der Waals surface area contributed by atoms with Crippen LogP contribution in [-0.4, -0.2) is 11.8 Å². The lowest BCUT2D eigenvalue weighted by Crippen LogP contribution is -2.15. The summed E-state index contributed by atoms with van der Waals surface area (Å²) in [5.41, 5.74) is 7.08. The highest BCUT2D eigenvalue weighted by atomic mass is 32.2. The zero-order valence-electron chi connectivity index (χ0n) is 7.32. The Kier molecular flexibility index (Phi) is 4.73. The summed E-state index contributed by atoms with van der Waals surface area (Å²) in [4.78, 5) is 0. The smallest absolute Gasteiger partial charge is 0.0192 e. The van der Waals surface area contributed by atoms with Crippen LogP contribution in [0.25, 0.3) is 0 Å². The Hall–Kier alpha value is 0.01000. The maximum absolute atomic E-state index is 5.64. The van der Waals surface area contributed by atoms with E-state index in [2.05, 4.69) is 23.8 Å². The maximum Gasteiger partial charge on any atom is 0.0192 e. The fourth-order valence-corrected chi connectivity index (χ4v) is 2.71. The van der Waals surface area contributed by atoms with E-state index in [0.29, 0.717) is 6.04 Å². The summed E-state index contributed by atoms with van der Waals surface area (Å²) in [7, 11) is 0. The van der Waals surface area contributed by atoms with Crippen LogP contribution in [0.1, 0.15) is 18.9 Å². The first-order valence-corrected chi connectivity index (χ1v) is 6.23. The van der Waals surface area contributed by atoms with Gasteiger partial charge in [0.05, 0.1) is 0 Å². The van der Waals surface area contributed by atoms with Gasteiger partial charge in [-0.3, -0.25) is 0 Å². The number of rotatable bonds is 5. The molecule has 1 unspecified atom stereocenters. The molecule has 1 heterocycles. The van der Waals surface area contributed by atoms with Gasteiger partial charge >= 0.3 is 0 Å². The Balaban J connectivity index is 2.04. The third-order valence-corrected chi connectivity index (χ3v) is 3.36. The van der Waals surface area contributed by atoms with Crippen molar-refractivity contribution in [2.75, 3.05) is 5.75 Å². The quantitative estimate of drug-likeness (QED) is 0.741. The molecule has 0 spiro atoms. The van der Waals surface area contributed by atoms with E-state index in [1.807, 2.05) is 11.8 Å². The van der Waals surface area contributed by atoms with E-state index >= 15 is 0 Å². The number of hydrogen-bond acceptors (Lipinski definition) is 3. The number of thioether (sulfide) groups is 1. The van der Waals surface area contributed by atoms with E-state index in [1.165, 1.54) is 11.3 Å². The van der Waals surface area contributed by atoms with Gasteiger partial charge in [-0.2, -0.15) is 23.1 Å². The van der Waals surface area contributed by atoms with Crippen LogP contribution in [0.4, 0.5) is 0 Å². The predicted molar refractivity (Wildman–Crippen MR) is 58.7 cm³/mol. The molecule has 1 rings (SSSR count). The zero-order chi connectivity index (χ0) is 8.81. The monoisotopic (exact) mass is 201 g/mol. The van der Waals surface area contributed by atoms with E-state index in [0.717, 1.165) is 12.2 Å². The first-order valence-electron chi connectivity index (χ1n) is 4.13. The Morgan fingerprint density at radius 3 is 3.08 bits per heavy atom. The van der Waals surface area contributed by atoms with Crippen LogP contribution < -0.4 is 5.73 Å². The van der Waals surface area contributed by atoms with Crippen LogP contribution in [0.5, 0.6) is 0 Å². The molecule has 0 aliphatic carbocycles. The lowest BCUT2D eigenvalue weighted by atomic mass is 10.3. The minimum Gasteiger partial charge on any atom is -0.328 e. The average molecular weight is 201 g/mol. The van der Waals surface area contributed by atoms with Crippen LogP contribution in [0.15, 0.2) is 16.8 Å². The van der Waals surface area contributed by atoms with Crippen molar-refractivity contribution in [2.24, 2.45) is 5.73 Å². The van der Waals surface area contributed by atoms with Crippen LogP contribution in [0.3, 0.4) is 0 Å². The van der Waals surface area contributed by atoms with Gasteiger partial charge in [0.1, 0.15) is 0 Å². The maximum atomic E-state index is 5.64. The number of hydrogen-bond donors (Lipinski definition) is 1. The molecule has 0 saturated heterocycles. The van der Waals surface area contributed by atoms with Crippen LogP contribution in [-0.2, 0) is 5.75 Å². The molecule has 3 heteroatoms. The molecule has 2 N–H and O–H groups in total. The van der Waals surface area contributed by atoms with Gasteiger partial charge in [-0.15, -0.1) is 0 Å². The van der Waals surface area contributed by atoms with Gasteiger partial charge in [0.25, 0.3) is 0 Å². The van der Waals surface area contributed by atoms with E-state index in [1.54, 1.807) is 11.3 Å². The van der Waals surface area contributed by atoms with Crippen LogP contribution in [0, 0.1) is 0 Å². The van der Waals surface area contributed by atoms with Crippen molar-refractivity contribution >= 4 is 23.1 Å². The first-order chi connectivity index (χ1) is 5.79. The third kappa shape index (κ3) is 4.14. The first kappa shape index (κ1) is 10.1. The van der Waals surface area contributed by atoms with Gasteiger partial charge in [-0.05, 0) is 41.5 Å². The molecular weight excluding hydrogens is 186 g/mol. The Morgan fingerprint density at radius 2 is 2.50 bits per heavy atom. The highest BCUT2D eigenvalue weighted by Crippen LogP contribution is 2.15. The summed E-state index contributed by atoms with van der Waals surface area (Å²) >= 11 is 3.73. The molecule has 0 aliphatic heterocycles. The third-order valence-electron chi connectivity index (χ3n) is 1.57. The van der Waals surface area contributed by atoms with E-state index in [4.69, 9.17) is 5.73 Å². The topological polar surface area (TPSA) is 26.0 Å². The van der Waals surface area contributed by atoms with Gasteiger partial charge in [0.2, 0.25) is 0 Å². The van der Waals surface area contributed by atoms with Crippen LogP contribution >= 0.6 is 23.1 Å². The molecule has 0 amide bonds. The summed E-state index contributed by atoms with van der Waals surface area (Å²) < 4.78 is 0. The second-order valence-electron chi connectivity index (χ2n) is 2.95. The number of thiophene rings is 1. The van der Waals surface area contributed by atoms with Gasteiger partial charge in [-0.1, -0.05) is 0 Å². The highest BCUT2D eigenvalue weighted by Gasteiger charge is 1.96. The molecule has 1 nitrogen and oxygen atoms in total. The average Bonchev–Trinajstić information content (AvgIpc) is 2.49. The molecule has 1 aromatic heterocycles. The van der Waals surface area contributed by atoms with Crippen molar-refractivity contribution in [3.63, 3.8) is 0 Å². The van der Waals surface area contributed by atoms with E-state index in [9.17, 15) is 0 Å². The lowest BCUT2D eigenvalue weighted by Gasteiger charge is -2.03. The fraction of sp³-hybridized carbons (Fsp3) is 0.556. The summed E-state index contributed by atoms with van der Waals surface area (Å²) in [6.07, 6.45) is 1.12. The lowest BCUT2D eigenvalue weighted by molar-refractivity contribution is 0.721. The molecule has 0 saturated carbocycles. The van der Waals surface area contributed by atoms with Gasteiger partial charge in [-0.25, -0.2) is 0 Å².